The van der Waals surface area contributed by atoms with Crippen molar-refractivity contribution in [3.63, 3.8) is 0 Å². The van der Waals surface area contributed by atoms with E-state index in [1.165, 1.54) is 0 Å². The molecule has 0 bridgehead atoms. The van der Waals surface area contributed by atoms with Crippen LogP contribution in [0, 0.1) is 20.8 Å². The smallest absolute Gasteiger partial charge is 0.256 e. The number of hydrogen-bond acceptors (Lipinski definition) is 3. The molecule has 5 heteroatoms. The molecule has 1 aromatic heterocycles. The van der Waals surface area contributed by atoms with Crippen LogP contribution in [0.25, 0.3) is 10.9 Å². The summed E-state index contributed by atoms with van der Waals surface area (Å²) in [5.74, 6) is -0.690. The standard InChI is InChI=1S/C23H23N3O2/c1-13-8-14(2)21-18(9-13)10-19(15(3)25-21)23(28)26-12-17-7-5-4-6-16(17)11-20(26)22(24)27/h4-10,20H,11-12H2,1-3H3,(H2,24,27). The number of amides is 2. The highest BCUT2D eigenvalue weighted by atomic mass is 16.2. The number of aromatic nitrogens is 1. The predicted octanol–water partition coefficient (Wildman–Crippen LogP) is 3.21. The molecule has 2 N–H and O–H groups in total. The zero-order valence-corrected chi connectivity index (χ0v) is 16.3. The second-order valence-corrected chi connectivity index (χ2v) is 7.60. The SMILES string of the molecule is Cc1cc(C)c2nc(C)c(C(=O)N3Cc4ccccc4CC3C(N)=O)cc2c1. The molecule has 1 aliphatic rings. The first-order valence-corrected chi connectivity index (χ1v) is 9.41. The summed E-state index contributed by atoms with van der Waals surface area (Å²) in [6.45, 7) is 6.25. The highest BCUT2D eigenvalue weighted by Gasteiger charge is 2.34. The molecule has 1 aliphatic heterocycles. The molecule has 0 saturated carbocycles. The molecule has 2 heterocycles. The lowest BCUT2D eigenvalue weighted by atomic mass is 9.92. The molecule has 5 nitrogen and oxygen atoms in total. The lowest BCUT2D eigenvalue weighted by molar-refractivity contribution is -0.122. The minimum Gasteiger partial charge on any atom is -0.368 e. The minimum atomic E-state index is -0.656. The van der Waals surface area contributed by atoms with Crippen molar-refractivity contribution in [2.75, 3.05) is 0 Å². The van der Waals surface area contributed by atoms with Gasteiger partial charge < -0.3 is 10.6 Å². The van der Waals surface area contributed by atoms with Crippen LogP contribution in [0.2, 0.25) is 0 Å². The molecule has 2 amide bonds. The fourth-order valence-electron chi connectivity index (χ4n) is 4.11. The van der Waals surface area contributed by atoms with Gasteiger partial charge in [-0.15, -0.1) is 0 Å². The zero-order chi connectivity index (χ0) is 20.0. The van der Waals surface area contributed by atoms with Gasteiger partial charge in [-0.25, -0.2) is 0 Å². The van der Waals surface area contributed by atoms with Gasteiger partial charge in [0.05, 0.1) is 16.8 Å². The van der Waals surface area contributed by atoms with Crippen LogP contribution in [0.4, 0.5) is 0 Å². The summed E-state index contributed by atoms with van der Waals surface area (Å²) in [5.41, 5.74) is 12.0. The van der Waals surface area contributed by atoms with E-state index in [0.717, 1.165) is 33.2 Å². The first-order chi connectivity index (χ1) is 13.3. The first kappa shape index (κ1) is 18.2. The van der Waals surface area contributed by atoms with Crippen LogP contribution in [0.15, 0.2) is 42.5 Å². The highest BCUT2D eigenvalue weighted by Crippen LogP contribution is 2.27. The van der Waals surface area contributed by atoms with Crippen molar-refractivity contribution in [3.8, 4) is 0 Å². The van der Waals surface area contributed by atoms with E-state index in [1.807, 2.05) is 57.2 Å². The minimum absolute atomic E-state index is 0.204. The van der Waals surface area contributed by atoms with Crippen molar-refractivity contribution >= 4 is 22.7 Å². The highest BCUT2D eigenvalue weighted by molar-refractivity contribution is 6.01. The lowest BCUT2D eigenvalue weighted by Crippen LogP contribution is -2.51. The summed E-state index contributed by atoms with van der Waals surface area (Å²) >= 11 is 0. The number of nitrogens with two attached hydrogens (primary N) is 1. The summed E-state index contributed by atoms with van der Waals surface area (Å²) in [7, 11) is 0. The van der Waals surface area contributed by atoms with Crippen LogP contribution in [-0.2, 0) is 17.8 Å². The van der Waals surface area contributed by atoms with Gasteiger partial charge in [-0.3, -0.25) is 14.6 Å². The first-order valence-electron chi connectivity index (χ1n) is 9.41. The Balaban J connectivity index is 1.79. The Bertz CT molecular complexity index is 1120. The summed E-state index contributed by atoms with van der Waals surface area (Å²) in [6, 6.07) is 13.2. The molecule has 28 heavy (non-hydrogen) atoms. The summed E-state index contributed by atoms with van der Waals surface area (Å²) in [5, 5.41) is 0.930. The van der Waals surface area contributed by atoms with Gasteiger partial charge in [0, 0.05) is 18.4 Å². The van der Waals surface area contributed by atoms with E-state index in [1.54, 1.807) is 4.90 Å². The number of primary amides is 1. The number of pyridine rings is 1. The number of hydrogen-bond donors (Lipinski definition) is 1. The molecule has 0 aliphatic carbocycles. The number of fused-ring (bicyclic) bond motifs is 2. The largest absolute Gasteiger partial charge is 0.368 e. The van der Waals surface area contributed by atoms with Crippen molar-refractivity contribution in [1.82, 2.24) is 9.88 Å². The number of carbonyl (C=O) groups is 2. The van der Waals surface area contributed by atoms with Gasteiger partial charge in [-0.2, -0.15) is 0 Å². The van der Waals surface area contributed by atoms with Crippen molar-refractivity contribution < 1.29 is 9.59 Å². The molecule has 142 valence electrons. The average molecular weight is 373 g/mol. The Morgan fingerprint density at radius 3 is 2.50 bits per heavy atom. The molecular formula is C23H23N3O2. The van der Waals surface area contributed by atoms with E-state index in [9.17, 15) is 9.59 Å². The summed E-state index contributed by atoms with van der Waals surface area (Å²) in [4.78, 5) is 31.8. The average Bonchev–Trinajstić information content (AvgIpc) is 2.66. The van der Waals surface area contributed by atoms with Gasteiger partial charge in [0.2, 0.25) is 5.91 Å². The van der Waals surface area contributed by atoms with E-state index in [-0.39, 0.29) is 5.91 Å². The van der Waals surface area contributed by atoms with Gasteiger partial charge in [0.1, 0.15) is 6.04 Å². The van der Waals surface area contributed by atoms with Crippen molar-refractivity contribution in [2.45, 2.75) is 39.8 Å². The van der Waals surface area contributed by atoms with E-state index >= 15 is 0 Å². The van der Waals surface area contributed by atoms with Gasteiger partial charge >= 0.3 is 0 Å². The fourth-order valence-corrected chi connectivity index (χ4v) is 4.11. The number of benzene rings is 2. The number of carbonyl (C=O) groups excluding carboxylic acids is 2. The van der Waals surface area contributed by atoms with E-state index in [2.05, 4.69) is 11.1 Å². The maximum Gasteiger partial charge on any atom is 0.256 e. The van der Waals surface area contributed by atoms with Crippen LogP contribution in [0.1, 0.15) is 38.3 Å². The van der Waals surface area contributed by atoms with Gasteiger partial charge in [0.15, 0.2) is 0 Å². The second kappa shape index (κ2) is 6.75. The van der Waals surface area contributed by atoms with E-state index in [0.29, 0.717) is 24.2 Å². The van der Waals surface area contributed by atoms with E-state index < -0.39 is 11.9 Å². The Morgan fingerprint density at radius 2 is 1.79 bits per heavy atom. The number of rotatable bonds is 2. The Morgan fingerprint density at radius 1 is 1.07 bits per heavy atom. The summed E-state index contributed by atoms with van der Waals surface area (Å²) < 4.78 is 0. The molecule has 1 atom stereocenters. The zero-order valence-electron chi connectivity index (χ0n) is 16.3. The molecule has 0 fully saturated rings. The fraction of sp³-hybridized carbons (Fsp3) is 0.261. The van der Waals surface area contributed by atoms with Crippen molar-refractivity contribution in [2.24, 2.45) is 5.73 Å². The third kappa shape index (κ3) is 3.03. The summed E-state index contributed by atoms with van der Waals surface area (Å²) in [6.07, 6.45) is 0.440. The molecule has 0 spiro atoms. The normalized spacial score (nSPS) is 16.1. The molecule has 1 unspecified atom stereocenters. The third-order valence-corrected chi connectivity index (χ3v) is 5.51. The van der Waals surface area contributed by atoms with Crippen molar-refractivity contribution in [1.29, 1.82) is 0 Å². The molecule has 0 saturated heterocycles. The lowest BCUT2D eigenvalue weighted by Gasteiger charge is -2.35. The van der Waals surface area contributed by atoms with Gasteiger partial charge in [-0.1, -0.05) is 35.9 Å². The molecule has 4 rings (SSSR count). The van der Waals surface area contributed by atoms with Crippen LogP contribution < -0.4 is 5.73 Å². The van der Waals surface area contributed by atoms with Crippen molar-refractivity contribution in [3.05, 3.63) is 76.0 Å². The van der Waals surface area contributed by atoms with Gasteiger partial charge in [0.25, 0.3) is 5.91 Å². The molecule has 2 aromatic carbocycles. The third-order valence-electron chi connectivity index (χ3n) is 5.51. The number of nitrogens with zero attached hydrogens (tertiary/aromatic N) is 2. The predicted molar refractivity (Wildman–Crippen MR) is 109 cm³/mol. The molecule has 3 aromatic rings. The molecule has 0 radical (unpaired) electrons. The monoisotopic (exact) mass is 373 g/mol. The Labute approximate surface area is 164 Å². The topological polar surface area (TPSA) is 76.3 Å². The molecular weight excluding hydrogens is 350 g/mol. The maximum atomic E-state index is 13.4. The van der Waals surface area contributed by atoms with Gasteiger partial charge in [-0.05, 0) is 49.6 Å². The number of aryl methyl sites for hydroxylation is 3. The van der Waals surface area contributed by atoms with Crippen LogP contribution >= 0.6 is 0 Å². The second-order valence-electron chi connectivity index (χ2n) is 7.60. The quantitative estimate of drug-likeness (QED) is 0.749. The Kier molecular flexibility index (Phi) is 4.38. The Hall–Kier alpha value is -3.21. The van der Waals surface area contributed by atoms with E-state index in [4.69, 9.17) is 5.73 Å². The van der Waals surface area contributed by atoms with Crippen LogP contribution in [-0.4, -0.2) is 27.7 Å². The maximum absolute atomic E-state index is 13.4. The van der Waals surface area contributed by atoms with Crippen LogP contribution in [0.3, 0.4) is 0 Å². The van der Waals surface area contributed by atoms with Crippen LogP contribution in [0.5, 0.6) is 0 Å².